The summed E-state index contributed by atoms with van der Waals surface area (Å²) in [5, 5.41) is 6.54. The number of hydrogen-bond donors (Lipinski definition) is 3. The molecule has 3 aromatic rings. The number of anilines is 3. The van der Waals surface area contributed by atoms with Crippen LogP contribution < -0.4 is 16.0 Å². The smallest absolute Gasteiger partial charge is 0.315 e. The van der Waals surface area contributed by atoms with Crippen LogP contribution in [0.4, 0.5) is 34.6 Å². The quantitative estimate of drug-likeness (QED) is 0.131. The highest BCUT2D eigenvalue weighted by Gasteiger charge is 2.67. The monoisotopic (exact) mass is 695 g/mol. The first kappa shape index (κ1) is 31.5. The Kier molecular flexibility index (Phi) is 9.23. The minimum atomic E-state index is -3.47. The van der Waals surface area contributed by atoms with Gasteiger partial charge >= 0.3 is 6.43 Å². The zero-order chi connectivity index (χ0) is 30.4. The van der Waals surface area contributed by atoms with Gasteiger partial charge in [0, 0.05) is 22.0 Å². The van der Waals surface area contributed by atoms with Gasteiger partial charge in [0.15, 0.2) is 0 Å². The number of carbonyl (C=O) groups excluding carboxylic acids is 3. The lowest BCUT2D eigenvalue weighted by atomic mass is 10.1. The summed E-state index contributed by atoms with van der Waals surface area (Å²) in [6, 6.07) is 7.66. The first-order valence-electron chi connectivity index (χ1n) is 11.1. The van der Waals surface area contributed by atoms with Gasteiger partial charge in [0.05, 0.1) is 42.9 Å². The first-order valence-corrected chi connectivity index (χ1v) is 13.4. The van der Waals surface area contributed by atoms with Crippen molar-refractivity contribution < 1.29 is 36.2 Å². The van der Waals surface area contributed by atoms with Crippen molar-refractivity contribution in [1.82, 2.24) is 0 Å². The largest absolute Gasteiger partial charge is 0.326 e. The Morgan fingerprint density at radius 2 is 1.39 bits per heavy atom. The van der Waals surface area contributed by atoms with Gasteiger partial charge in [0.1, 0.15) is 16.0 Å². The molecule has 222 valence electrons. The van der Waals surface area contributed by atoms with Gasteiger partial charge in [-0.15, -0.1) is 23.2 Å². The van der Waals surface area contributed by atoms with E-state index in [0.717, 1.165) is 6.07 Å². The van der Waals surface area contributed by atoms with E-state index in [9.17, 15) is 31.9 Å². The lowest BCUT2D eigenvalue weighted by molar-refractivity contribution is -0.126. The minimum absolute atomic E-state index is 0. The van der Waals surface area contributed by atoms with Gasteiger partial charge in [0.2, 0.25) is 5.91 Å². The van der Waals surface area contributed by atoms with Crippen LogP contribution in [0.25, 0.3) is 0 Å². The molecule has 0 aliphatic heterocycles. The molecule has 1 aliphatic carbocycles. The molecule has 0 bridgehead atoms. The van der Waals surface area contributed by atoms with Crippen LogP contribution in [0.5, 0.6) is 0 Å². The van der Waals surface area contributed by atoms with E-state index in [1.807, 2.05) is 0 Å². The number of hydrogen-bond acceptors (Lipinski definition) is 3. The summed E-state index contributed by atoms with van der Waals surface area (Å²) in [4.78, 5) is 37.1. The molecule has 6 nitrogen and oxygen atoms in total. The van der Waals surface area contributed by atoms with E-state index in [-0.39, 0.29) is 41.7 Å². The van der Waals surface area contributed by atoms with Crippen molar-refractivity contribution in [3.05, 3.63) is 85.3 Å². The van der Waals surface area contributed by atoms with Crippen LogP contribution in [-0.4, -0.2) is 28.5 Å². The molecule has 3 aromatic carbocycles. The number of rotatable bonds is 7. The molecule has 1 saturated carbocycles. The van der Waals surface area contributed by atoms with Gasteiger partial charge in [-0.25, -0.2) is 8.78 Å². The van der Waals surface area contributed by atoms with Gasteiger partial charge in [-0.1, -0.05) is 46.4 Å². The lowest BCUT2D eigenvalue weighted by Gasteiger charge is -2.13. The molecule has 16 heteroatoms. The topological polar surface area (TPSA) is 87.3 Å². The van der Waals surface area contributed by atoms with Crippen LogP contribution in [0, 0.1) is 17.6 Å². The van der Waals surface area contributed by atoms with E-state index < -0.39 is 63.3 Å². The van der Waals surface area contributed by atoms with E-state index in [0.29, 0.717) is 11.6 Å². The molecule has 0 aromatic heterocycles. The predicted molar refractivity (Wildman–Crippen MR) is 158 cm³/mol. The van der Waals surface area contributed by atoms with E-state index in [1.54, 1.807) is 5.32 Å². The average Bonchev–Trinajstić information content (AvgIpc) is 3.47. The summed E-state index contributed by atoms with van der Waals surface area (Å²) in [5.74, 6) is -7.75. The maximum Gasteiger partial charge on any atom is 0.315 e. The molecule has 2 atom stereocenters. The Morgan fingerprint density at radius 3 is 1.98 bits per heavy atom. The Bertz CT molecular complexity index is 1580. The second-order valence-electron chi connectivity index (χ2n) is 8.67. The summed E-state index contributed by atoms with van der Waals surface area (Å²) in [6.07, 6.45) is -3.47. The molecule has 1 aliphatic rings. The third-order valence-corrected chi connectivity index (χ3v) is 8.41. The third kappa shape index (κ3) is 6.63. The highest BCUT2D eigenvalue weighted by atomic mass is 35.5. The molecule has 3 amide bonds. The van der Waals surface area contributed by atoms with E-state index in [2.05, 4.69) is 10.6 Å². The number of amides is 3. The summed E-state index contributed by atoms with van der Waals surface area (Å²) in [7, 11) is 0. The van der Waals surface area contributed by atoms with Crippen molar-refractivity contribution in [2.24, 2.45) is 5.92 Å². The Balaban J connectivity index is 0.00000323. The van der Waals surface area contributed by atoms with E-state index >= 15 is 0 Å². The molecular formula is C25H19Cl6F4N3O3. The summed E-state index contributed by atoms with van der Waals surface area (Å²) in [6.45, 7) is 0. The molecule has 0 saturated heterocycles. The molecule has 0 unspecified atom stereocenters. The van der Waals surface area contributed by atoms with Gasteiger partial charge in [-0.3, -0.25) is 14.4 Å². The van der Waals surface area contributed by atoms with Crippen molar-refractivity contribution in [3.8, 4) is 0 Å². The molecule has 3 N–H and O–H groups in total. The molecule has 0 heterocycles. The van der Waals surface area contributed by atoms with E-state index in [4.69, 9.17) is 69.6 Å². The molecule has 41 heavy (non-hydrogen) atoms. The molecule has 1 fully saturated rings. The second-order valence-corrected chi connectivity index (χ2v) is 11.7. The number of alkyl halides is 4. The summed E-state index contributed by atoms with van der Waals surface area (Å²) in [5.41, 5.74) is -1.15. The lowest BCUT2D eigenvalue weighted by Crippen LogP contribution is -2.21. The van der Waals surface area contributed by atoms with Crippen molar-refractivity contribution in [3.63, 3.8) is 0 Å². The van der Waals surface area contributed by atoms with Crippen molar-refractivity contribution in [2.45, 2.75) is 16.7 Å². The highest BCUT2D eigenvalue weighted by Crippen LogP contribution is 2.65. The molecule has 0 spiro atoms. The third-order valence-electron chi connectivity index (χ3n) is 5.94. The van der Waals surface area contributed by atoms with Crippen LogP contribution in [-0.2, 0) is 9.59 Å². The number of benzene rings is 3. The van der Waals surface area contributed by atoms with Crippen LogP contribution in [0.2, 0.25) is 20.1 Å². The summed E-state index contributed by atoms with van der Waals surface area (Å²) < 4.78 is 51.8. The summed E-state index contributed by atoms with van der Waals surface area (Å²) >= 11 is 37.0. The standard InChI is InChI=1S/C25H13Cl6F4N3O3.3H2/c26-11-2-1-9(36-23(40)19-18(25(19,30)31)8-3-12(27)20(29)13(28)4-8)5-10(11)22(39)37-16-7-17(15(33)6-14(16)32)38-24(41)21(34)35;;;/h1-7,18-19,21H,(H,36,40)(H,37,39)(H,38,41);3*1H/t18-,19+;;;/m0.../s1. The predicted octanol–water partition coefficient (Wildman–Crippen LogP) is 9.30. The van der Waals surface area contributed by atoms with Crippen molar-refractivity contribution in [2.75, 3.05) is 16.0 Å². The van der Waals surface area contributed by atoms with Crippen LogP contribution in [0.3, 0.4) is 0 Å². The minimum Gasteiger partial charge on any atom is -0.326 e. The highest BCUT2D eigenvalue weighted by molar-refractivity contribution is 6.54. The van der Waals surface area contributed by atoms with Gasteiger partial charge < -0.3 is 16.0 Å². The number of nitrogens with one attached hydrogen (secondary N) is 3. The van der Waals surface area contributed by atoms with Gasteiger partial charge in [-0.05, 0) is 42.0 Å². The van der Waals surface area contributed by atoms with Crippen LogP contribution >= 0.6 is 69.6 Å². The maximum absolute atomic E-state index is 14.3. The van der Waals surface area contributed by atoms with Crippen molar-refractivity contribution >= 4 is 104 Å². The van der Waals surface area contributed by atoms with Gasteiger partial charge in [0.25, 0.3) is 11.8 Å². The second kappa shape index (κ2) is 12.0. The SMILES string of the molecule is O=C(Nc1cc(NC(=O)C(F)F)c(F)cc1F)c1cc(NC(=O)[C@H]2[C@H](c3cc(Cl)c(Cl)c(Cl)c3)C2(Cl)Cl)ccc1Cl.[HH].[HH].[HH]. The van der Waals surface area contributed by atoms with Crippen LogP contribution in [0.15, 0.2) is 42.5 Å². The normalized spacial score (nSPS) is 17.2. The molecule has 4 rings (SSSR count). The zero-order valence-corrected chi connectivity index (χ0v) is 24.3. The average molecular weight is 698 g/mol. The van der Waals surface area contributed by atoms with Crippen LogP contribution in [0.1, 0.15) is 26.1 Å². The zero-order valence-electron chi connectivity index (χ0n) is 19.8. The molecular weight excluding hydrogens is 679 g/mol. The van der Waals surface area contributed by atoms with Gasteiger partial charge in [-0.2, -0.15) is 8.78 Å². The van der Waals surface area contributed by atoms with Crippen molar-refractivity contribution in [1.29, 1.82) is 0 Å². The molecule has 0 radical (unpaired) electrons. The fourth-order valence-electron chi connectivity index (χ4n) is 3.94. The number of carbonyl (C=O) groups is 3. The fourth-order valence-corrected chi connectivity index (χ4v) is 5.58. The Hall–Kier alpha value is -2.47. The maximum atomic E-state index is 14.3. The first-order chi connectivity index (χ1) is 19.1. The van der Waals surface area contributed by atoms with E-state index in [1.165, 1.54) is 24.3 Å². The number of halogens is 10. The Labute approximate surface area is 263 Å². The Morgan fingerprint density at radius 1 is 0.805 bits per heavy atom. The fraction of sp³-hybridized carbons (Fsp3) is 0.160.